The zero-order chi connectivity index (χ0) is 18.5. The molecule has 0 bridgehead atoms. The van der Waals surface area contributed by atoms with Crippen LogP contribution in [0.5, 0.6) is 0 Å². The fourth-order valence-electron chi connectivity index (χ4n) is 1.63. The fraction of sp³-hybridized carbons (Fsp3) is 1.00. The van der Waals surface area contributed by atoms with Crippen LogP contribution in [-0.4, -0.2) is 101 Å². The van der Waals surface area contributed by atoms with Gasteiger partial charge in [-0.3, -0.25) is 10.2 Å². The van der Waals surface area contributed by atoms with E-state index >= 15 is 0 Å². The summed E-state index contributed by atoms with van der Waals surface area (Å²) in [5.74, 6) is 0. The average Bonchev–Trinajstić information content (AvgIpc) is 3.38. The zero-order valence-electron chi connectivity index (χ0n) is 15.8. The summed E-state index contributed by atoms with van der Waals surface area (Å²) >= 11 is 0. The number of rotatable bonds is 13. The summed E-state index contributed by atoms with van der Waals surface area (Å²) in [6.07, 6.45) is 1.68. The third kappa shape index (κ3) is 28.7. The Morgan fingerprint density at radius 2 is 1.68 bits per heavy atom. The third-order valence-electron chi connectivity index (χ3n) is 2.81. The highest BCUT2D eigenvalue weighted by molar-refractivity contribution is 4.66. The lowest BCUT2D eigenvalue weighted by molar-refractivity contribution is 0.171. The lowest BCUT2D eigenvalue weighted by atomic mass is 10.4. The van der Waals surface area contributed by atoms with Crippen molar-refractivity contribution in [3.63, 3.8) is 0 Å². The Morgan fingerprint density at radius 1 is 1.12 bits per heavy atom. The molecular formula is C17H44N4O4. The van der Waals surface area contributed by atoms with Gasteiger partial charge in [-0.15, -0.1) is 0 Å². The normalized spacial score (nSPS) is 14.8. The molecule has 1 heterocycles. The molecule has 0 spiro atoms. The van der Waals surface area contributed by atoms with Crippen LogP contribution < -0.4 is 16.4 Å². The number of methoxy groups -OCH3 is 1. The maximum Gasteiger partial charge on any atom is 0.104 e. The molecule has 0 radical (unpaired) electrons. The molecule has 1 unspecified atom stereocenters. The van der Waals surface area contributed by atoms with Crippen LogP contribution in [0.3, 0.4) is 0 Å². The minimum absolute atomic E-state index is 0. The molecule has 1 fully saturated rings. The smallest absolute Gasteiger partial charge is 0.104 e. The number of aliphatic hydroxyl groups excluding tert-OH is 2. The second-order valence-corrected chi connectivity index (χ2v) is 5.38. The summed E-state index contributed by atoms with van der Waals surface area (Å²) in [6.45, 7) is 11.6. The number of hydrogen-bond donors (Lipinski definition) is 5. The molecule has 156 valence electrons. The highest BCUT2D eigenvalue weighted by Crippen LogP contribution is 2.06. The Kier molecular flexibility index (Phi) is 30.5. The standard InChI is InChI=1S/C9H24N4O2.C4H8O2.C3H8.CH4/c10-1-5-13(7-3-12-9-15)6-2-11-4-8-14;1-5-2-4-3-6-4;1-3-2;/h11-12,14-15H,1-10H2;4H,2-3H2,1H3;3H2,1-2H3;1H4. The van der Waals surface area contributed by atoms with Crippen molar-refractivity contribution in [2.45, 2.75) is 33.8 Å². The lowest BCUT2D eigenvalue weighted by Gasteiger charge is -2.21. The predicted molar refractivity (Wildman–Crippen MR) is 105 cm³/mol. The van der Waals surface area contributed by atoms with Gasteiger partial charge in [-0.1, -0.05) is 27.7 Å². The number of ether oxygens (including phenoxy) is 2. The number of nitrogens with one attached hydrogen (secondary N) is 2. The van der Waals surface area contributed by atoms with Gasteiger partial charge in [-0.05, 0) is 0 Å². The first kappa shape index (κ1) is 29.4. The number of hydrogen-bond acceptors (Lipinski definition) is 8. The Hall–Kier alpha value is -0.320. The Bertz CT molecular complexity index is 223. The summed E-state index contributed by atoms with van der Waals surface area (Å²) in [7, 11) is 1.68. The van der Waals surface area contributed by atoms with Crippen LogP contribution in [-0.2, 0) is 9.47 Å². The van der Waals surface area contributed by atoms with Gasteiger partial charge in [0.15, 0.2) is 0 Å². The molecule has 6 N–H and O–H groups in total. The SMILES string of the molecule is C.CCC.COCC1CO1.NCCN(CCNCO)CCNCCO. The Morgan fingerprint density at radius 3 is 2.04 bits per heavy atom. The van der Waals surface area contributed by atoms with Gasteiger partial charge >= 0.3 is 0 Å². The van der Waals surface area contributed by atoms with Crippen molar-refractivity contribution >= 4 is 0 Å². The van der Waals surface area contributed by atoms with E-state index in [1.54, 1.807) is 7.11 Å². The molecule has 8 nitrogen and oxygen atoms in total. The van der Waals surface area contributed by atoms with E-state index in [-0.39, 0.29) is 20.8 Å². The van der Waals surface area contributed by atoms with E-state index in [1.165, 1.54) is 6.42 Å². The van der Waals surface area contributed by atoms with Crippen LogP contribution in [0.25, 0.3) is 0 Å². The molecule has 0 saturated carbocycles. The van der Waals surface area contributed by atoms with Gasteiger partial charge < -0.3 is 30.7 Å². The largest absolute Gasteiger partial charge is 0.395 e. The molecule has 25 heavy (non-hydrogen) atoms. The second kappa shape index (κ2) is 25.9. The van der Waals surface area contributed by atoms with E-state index in [0.29, 0.717) is 19.2 Å². The molecule has 1 aliphatic heterocycles. The van der Waals surface area contributed by atoms with Crippen molar-refractivity contribution < 1.29 is 19.7 Å². The minimum Gasteiger partial charge on any atom is -0.395 e. The first-order chi connectivity index (χ1) is 11.7. The van der Waals surface area contributed by atoms with Gasteiger partial charge in [0, 0.05) is 52.9 Å². The summed E-state index contributed by atoms with van der Waals surface area (Å²) in [6, 6.07) is 0. The van der Waals surface area contributed by atoms with E-state index in [0.717, 1.165) is 45.9 Å². The molecule has 0 aromatic heterocycles. The van der Waals surface area contributed by atoms with Gasteiger partial charge in [0.1, 0.15) is 6.10 Å². The fourth-order valence-corrected chi connectivity index (χ4v) is 1.63. The van der Waals surface area contributed by atoms with Gasteiger partial charge in [-0.2, -0.15) is 0 Å². The van der Waals surface area contributed by atoms with Crippen molar-refractivity contribution in [2.75, 3.05) is 79.5 Å². The zero-order valence-corrected chi connectivity index (χ0v) is 15.8. The highest BCUT2D eigenvalue weighted by atomic mass is 16.6. The van der Waals surface area contributed by atoms with Crippen LogP contribution in [0, 0.1) is 0 Å². The average molecular weight is 369 g/mol. The summed E-state index contributed by atoms with van der Waals surface area (Å²) in [4.78, 5) is 2.22. The van der Waals surface area contributed by atoms with Gasteiger partial charge in [0.25, 0.3) is 0 Å². The maximum atomic E-state index is 8.57. The molecule has 0 aromatic rings. The highest BCUT2D eigenvalue weighted by Gasteiger charge is 2.21. The molecule has 0 amide bonds. The quantitative estimate of drug-likeness (QED) is 0.167. The molecule has 8 heteroatoms. The molecule has 1 atom stereocenters. The van der Waals surface area contributed by atoms with E-state index in [1.807, 2.05) is 0 Å². The Labute approximate surface area is 155 Å². The molecule has 1 rings (SSSR count). The maximum absolute atomic E-state index is 8.57. The topological polar surface area (TPSA) is 116 Å². The third-order valence-corrected chi connectivity index (χ3v) is 2.81. The second-order valence-electron chi connectivity index (χ2n) is 5.38. The van der Waals surface area contributed by atoms with Crippen molar-refractivity contribution in [3.05, 3.63) is 0 Å². The molecular weight excluding hydrogens is 324 g/mol. The van der Waals surface area contributed by atoms with E-state index in [9.17, 15) is 0 Å². The van der Waals surface area contributed by atoms with E-state index in [4.69, 9.17) is 25.4 Å². The summed E-state index contributed by atoms with van der Waals surface area (Å²) < 4.78 is 9.56. The van der Waals surface area contributed by atoms with Gasteiger partial charge in [-0.25, -0.2) is 0 Å². The lowest BCUT2D eigenvalue weighted by Crippen LogP contribution is -2.40. The number of nitrogens with zero attached hydrogens (tertiary/aromatic N) is 1. The van der Waals surface area contributed by atoms with Crippen molar-refractivity contribution in [1.82, 2.24) is 15.5 Å². The first-order valence-corrected chi connectivity index (χ1v) is 8.86. The van der Waals surface area contributed by atoms with Gasteiger partial charge in [0.2, 0.25) is 0 Å². The summed E-state index contributed by atoms with van der Waals surface area (Å²) in [5.41, 5.74) is 5.49. The van der Waals surface area contributed by atoms with Crippen LogP contribution in [0.4, 0.5) is 0 Å². The van der Waals surface area contributed by atoms with Crippen molar-refractivity contribution in [1.29, 1.82) is 0 Å². The van der Waals surface area contributed by atoms with Crippen LogP contribution in [0.1, 0.15) is 27.7 Å². The van der Waals surface area contributed by atoms with E-state index < -0.39 is 0 Å². The molecule has 0 aromatic carbocycles. The number of aliphatic hydroxyl groups is 2. The van der Waals surface area contributed by atoms with E-state index in [2.05, 4.69) is 29.4 Å². The molecule has 0 aliphatic carbocycles. The van der Waals surface area contributed by atoms with Gasteiger partial charge in [0.05, 0.1) is 26.6 Å². The van der Waals surface area contributed by atoms with Crippen molar-refractivity contribution in [2.24, 2.45) is 5.73 Å². The monoisotopic (exact) mass is 368 g/mol. The van der Waals surface area contributed by atoms with Crippen LogP contribution >= 0.6 is 0 Å². The Balaban J connectivity index is -0.000000397. The van der Waals surface area contributed by atoms with Crippen LogP contribution in [0.2, 0.25) is 0 Å². The predicted octanol–water partition coefficient (Wildman–Crippen LogP) is -0.548. The minimum atomic E-state index is 0. The summed E-state index contributed by atoms with van der Waals surface area (Å²) in [5, 5.41) is 23.1. The first-order valence-electron chi connectivity index (χ1n) is 8.86. The van der Waals surface area contributed by atoms with Crippen LogP contribution in [0.15, 0.2) is 0 Å². The molecule has 1 aliphatic rings. The molecule has 1 saturated heterocycles. The van der Waals surface area contributed by atoms with Crippen molar-refractivity contribution in [3.8, 4) is 0 Å². The number of epoxide rings is 1. The number of nitrogens with two attached hydrogens (primary N) is 1.